The number of hydrogen-bond donors (Lipinski definition) is 1. The molecule has 0 bridgehead atoms. The number of hydrogen-bond acceptors (Lipinski definition) is 2. The van der Waals surface area contributed by atoms with E-state index in [1.54, 1.807) is 30.3 Å². The molecular weight excluding hydrogens is 387 g/mol. The Morgan fingerprint density at radius 1 is 1.19 bits per heavy atom. The van der Waals surface area contributed by atoms with Gasteiger partial charge in [-0.1, -0.05) is 45.2 Å². The van der Waals surface area contributed by atoms with E-state index in [9.17, 15) is 8.78 Å². The van der Waals surface area contributed by atoms with Crippen molar-refractivity contribution in [2.45, 2.75) is 13.2 Å². The molecule has 21 heavy (non-hydrogen) atoms. The molecule has 0 aromatic heterocycles. The minimum absolute atomic E-state index is 0.110. The van der Waals surface area contributed by atoms with E-state index >= 15 is 0 Å². The fraction of sp³-hybridized carbons (Fsp3) is 0.143. The fourth-order valence-corrected chi connectivity index (χ4v) is 2.50. The average molecular weight is 397 g/mol. The summed E-state index contributed by atoms with van der Waals surface area (Å²) in [5.41, 5.74) is 1.19. The molecule has 0 heterocycles. The number of benzene rings is 2. The van der Waals surface area contributed by atoms with Gasteiger partial charge in [0.1, 0.15) is 5.75 Å². The SMILES string of the molecule is FC(F)Oc1ccc(Br)cc1CNc1cccc(Cl)c1Cl. The topological polar surface area (TPSA) is 21.3 Å². The summed E-state index contributed by atoms with van der Waals surface area (Å²) >= 11 is 15.3. The van der Waals surface area contributed by atoms with E-state index < -0.39 is 6.61 Å². The van der Waals surface area contributed by atoms with E-state index in [1.165, 1.54) is 6.07 Å². The first kappa shape index (κ1) is 16.3. The second kappa shape index (κ2) is 7.29. The van der Waals surface area contributed by atoms with E-state index in [0.717, 1.165) is 4.47 Å². The van der Waals surface area contributed by atoms with Crippen LogP contribution in [0.2, 0.25) is 10.0 Å². The van der Waals surface area contributed by atoms with Gasteiger partial charge in [-0.3, -0.25) is 0 Å². The van der Waals surface area contributed by atoms with Crippen LogP contribution in [0.4, 0.5) is 14.5 Å². The van der Waals surface area contributed by atoms with Gasteiger partial charge in [0, 0.05) is 16.6 Å². The van der Waals surface area contributed by atoms with Crippen LogP contribution in [0.25, 0.3) is 0 Å². The number of anilines is 1. The quantitative estimate of drug-likeness (QED) is 0.672. The monoisotopic (exact) mass is 395 g/mol. The van der Waals surface area contributed by atoms with Crippen LogP contribution in [0, 0.1) is 0 Å². The van der Waals surface area contributed by atoms with Gasteiger partial charge in [-0.25, -0.2) is 0 Å². The first-order chi connectivity index (χ1) is 9.97. The molecule has 7 heteroatoms. The highest BCUT2D eigenvalue weighted by atomic mass is 79.9. The highest BCUT2D eigenvalue weighted by molar-refractivity contribution is 9.10. The first-order valence-corrected chi connectivity index (χ1v) is 7.43. The highest BCUT2D eigenvalue weighted by Crippen LogP contribution is 2.31. The van der Waals surface area contributed by atoms with Crippen LogP contribution in [0.15, 0.2) is 40.9 Å². The molecule has 0 unspecified atom stereocenters. The maximum absolute atomic E-state index is 12.4. The van der Waals surface area contributed by atoms with Crippen LogP contribution in [0.5, 0.6) is 5.75 Å². The maximum atomic E-state index is 12.4. The molecule has 2 nitrogen and oxygen atoms in total. The van der Waals surface area contributed by atoms with E-state index in [1.807, 2.05) is 0 Å². The van der Waals surface area contributed by atoms with Crippen molar-refractivity contribution in [3.8, 4) is 5.75 Å². The molecule has 0 saturated heterocycles. The van der Waals surface area contributed by atoms with E-state index in [2.05, 4.69) is 26.0 Å². The second-order valence-corrected chi connectivity index (χ2v) is 5.79. The Hall–Kier alpha value is -1.04. The van der Waals surface area contributed by atoms with Crippen molar-refractivity contribution in [2.24, 2.45) is 0 Å². The average Bonchev–Trinajstić information content (AvgIpc) is 2.42. The van der Waals surface area contributed by atoms with Gasteiger partial charge in [-0.15, -0.1) is 0 Å². The molecule has 0 aliphatic carbocycles. The molecule has 0 amide bonds. The predicted octanol–water partition coefficient (Wildman–Crippen LogP) is 5.97. The lowest BCUT2D eigenvalue weighted by Crippen LogP contribution is -2.07. The molecule has 0 saturated carbocycles. The number of ether oxygens (including phenoxy) is 1. The van der Waals surface area contributed by atoms with Gasteiger partial charge < -0.3 is 10.1 Å². The van der Waals surface area contributed by atoms with Crippen LogP contribution < -0.4 is 10.1 Å². The Morgan fingerprint density at radius 3 is 2.67 bits per heavy atom. The van der Waals surface area contributed by atoms with Crippen molar-refractivity contribution in [3.05, 3.63) is 56.5 Å². The van der Waals surface area contributed by atoms with Crippen molar-refractivity contribution < 1.29 is 13.5 Å². The third-order valence-electron chi connectivity index (χ3n) is 2.66. The molecule has 0 spiro atoms. The smallest absolute Gasteiger partial charge is 0.387 e. The molecular formula is C14H10BrCl2F2NO. The molecule has 0 radical (unpaired) electrons. The Bertz CT molecular complexity index is 640. The molecule has 0 aliphatic rings. The van der Waals surface area contributed by atoms with Gasteiger partial charge in [0.15, 0.2) is 0 Å². The van der Waals surface area contributed by atoms with Crippen LogP contribution in [0.3, 0.4) is 0 Å². The van der Waals surface area contributed by atoms with Crippen LogP contribution in [-0.4, -0.2) is 6.61 Å². The van der Waals surface area contributed by atoms with E-state index in [0.29, 0.717) is 21.3 Å². The van der Waals surface area contributed by atoms with E-state index in [4.69, 9.17) is 23.2 Å². The summed E-state index contributed by atoms with van der Waals surface area (Å²) in [6.07, 6.45) is 0. The lowest BCUT2D eigenvalue weighted by atomic mass is 10.2. The summed E-state index contributed by atoms with van der Waals surface area (Å²) in [5, 5.41) is 3.85. The molecule has 1 N–H and O–H groups in total. The maximum Gasteiger partial charge on any atom is 0.387 e. The standard InChI is InChI=1S/C14H10BrCl2F2NO/c15-9-4-5-12(21-14(18)19)8(6-9)7-20-11-3-1-2-10(16)13(11)17/h1-6,14,20H,7H2. The largest absolute Gasteiger partial charge is 0.434 e. The van der Waals surface area contributed by atoms with Crippen molar-refractivity contribution in [1.82, 2.24) is 0 Å². The summed E-state index contributed by atoms with van der Waals surface area (Å²) < 4.78 is 30.0. The van der Waals surface area contributed by atoms with Gasteiger partial charge >= 0.3 is 6.61 Å². The number of nitrogens with one attached hydrogen (secondary N) is 1. The Balaban J connectivity index is 2.19. The third kappa shape index (κ3) is 4.46. The zero-order valence-electron chi connectivity index (χ0n) is 10.5. The number of alkyl halides is 2. The molecule has 0 aliphatic heterocycles. The van der Waals surface area contributed by atoms with E-state index in [-0.39, 0.29) is 12.3 Å². The number of halogens is 5. The van der Waals surface area contributed by atoms with Gasteiger partial charge in [0.05, 0.1) is 15.7 Å². The van der Waals surface area contributed by atoms with Gasteiger partial charge in [-0.05, 0) is 30.3 Å². The predicted molar refractivity (Wildman–Crippen MR) is 84.6 cm³/mol. The van der Waals surface area contributed by atoms with Gasteiger partial charge in [-0.2, -0.15) is 8.78 Å². The molecule has 2 aromatic carbocycles. The lowest BCUT2D eigenvalue weighted by Gasteiger charge is -2.13. The van der Waals surface area contributed by atoms with Crippen LogP contribution in [-0.2, 0) is 6.54 Å². The zero-order chi connectivity index (χ0) is 15.4. The number of rotatable bonds is 5. The molecule has 2 aromatic rings. The first-order valence-electron chi connectivity index (χ1n) is 5.88. The normalized spacial score (nSPS) is 10.8. The van der Waals surface area contributed by atoms with Crippen molar-refractivity contribution in [3.63, 3.8) is 0 Å². The third-order valence-corrected chi connectivity index (χ3v) is 3.97. The van der Waals surface area contributed by atoms with Crippen molar-refractivity contribution in [1.29, 1.82) is 0 Å². The van der Waals surface area contributed by atoms with Gasteiger partial charge in [0.25, 0.3) is 0 Å². The molecule has 112 valence electrons. The Labute approximate surface area is 139 Å². The van der Waals surface area contributed by atoms with Gasteiger partial charge in [0.2, 0.25) is 0 Å². The minimum Gasteiger partial charge on any atom is -0.434 e. The lowest BCUT2D eigenvalue weighted by molar-refractivity contribution is -0.0504. The summed E-state index contributed by atoms with van der Waals surface area (Å²) in [6, 6.07) is 9.97. The molecule has 0 atom stereocenters. The second-order valence-electron chi connectivity index (χ2n) is 4.09. The van der Waals surface area contributed by atoms with Crippen LogP contribution >= 0.6 is 39.1 Å². The Morgan fingerprint density at radius 2 is 1.95 bits per heavy atom. The summed E-state index contributed by atoms with van der Waals surface area (Å²) in [7, 11) is 0. The summed E-state index contributed by atoms with van der Waals surface area (Å²) in [4.78, 5) is 0. The fourth-order valence-electron chi connectivity index (χ4n) is 1.73. The van der Waals surface area contributed by atoms with Crippen molar-refractivity contribution >= 4 is 44.8 Å². The molecule has 0 fully saturated rings. The Kier molecular flexibility index (Phi) is 5.67. The molecule has 2 rings (SSSR count). The summed E-state index contributed by atoms with van der Waals surface area (Å²) in [6.45, 7) is -2.61. The summed E-state index contributed by atoms with van der Waals surface area (Å²) in [5.74, 6) is 0.110. The highest BCUT2D eigenvalue weighted by Gasteiger charge is 2.11. The van der Waals surface area contributed by atoms with Crippen LogP contribution in [0.1, 0.15) is 5.56 Å². The zero-order valence-corrected chi connectivity index (χ0v) is 13.6. The minimum atomic E-state index is -2.88. The van der Waals surface area contributed by atoms with Crippen molar-refractivity contribution in [2.75, 3.05) is 5.32 Å².